The van der Waals surface area contributed by atoms with Crippen LogP contribution in [0.3, 0.4) is 0 Å². The van der Waals surface area contributed by atoms with Gasteiger partial charge < -0.3 is 10.5 Å². The lowest BCUT2D eigenvalue weighted by Crippen LogP contribution is -2.33. The van der Waals surface area contributed by atoms with Crippen molar-refractivity contribution >= 4 is 6.09 Å². The van der Waals surface area contributed by atoms with Crippen LogP contribution in [-0.4, -0.2) is 11.7 Å². The van der Waals surface area contributed by atoms with Gasteiger partial charge in [0.2, 0.25) is 0 Å². The number of rotatable bonds is 5. The molecular weight excluding hydrogens is 154 g/mol. The van der Waals surface area contributed by atoms with Crippen LogP contribution < -0.4 is 5.73 Å². The minimum absolute atomic E-state index is 0.571. The lowest BCUT2D eigenvalue weighted by Gasteiger charge is -2.25. The van der Waals surface area contributed by atoms with Crippen molar-refractivity contribution in [1.82, 2.24) is 0 Å². The molecule has 0 bridgehead atoms. The van der Waals surface area contributed by atoms with Crippen molar-refractivity contribution in [3.63, 3.8) is 0 Å². The van der Waals surface area contributed by atoms with Crippen molar-refractivity contribution in [2.75, 3.05) is 0 Å². The SMILES string of the molecule is C=CCC(C)(CC=C)OC(N)=O. The van der Waals surface area contributed by atoms with Crippen LogP contribution in [0.5, 0.6) is 0 Å². The summed E-state index contributed by atoms with van der Waals surface area (Å²) in [5.74, 6) is 0. The Morgan fingerprint density at radius 2 is 1.92 bits per heavy atom. The number of hydrogen-bond acceptors (Lipinski definition) is 2. The summed E-state index contributed by atoms with van der Waals surface area (Å²) in [6, 6.07) is 0. The minimum atomic E-state index is -0.763. The van der Waals surface area contributed by atoms with Crippen molar-refractivity contribution in [3.05, 3.63) is 25.3 Å². The topological polar surface area (TPSA) is 52.3 Å². The monoisotopic (exact) mass is 169 g/mol. The quantitative estimate of drug-likeness (QED) is 0.640. The van der Waals surface area contributed by atoms with Gasteiger partial charge in [-0.15, -0.1) is 13.2 Å². The van der Waals surface area contributed by atoms with Crippen molar-refractivity contribution < 1.29 is 9.53 Å². The van der Waals surface area contributed by atoms with Crippen LogP contribution in [0.2, 0.25) is 0 Å². The summed E-state index contributed by atoms with van der Waals surface area (Å²) >= 11 is 0. The third-order valence-electron chi connectivity index (χ3n) is 1.50. The second kappa shape index (κ2) is 4.59. The van der Waals surface area contributed by atoms with Crippen LogP contribution >= 0.6 is 0 Å². The molecule has 0 spiro atoms. The van der Waals surface area contributed by atoms with Gasteiger partial charge in [0, 0.05) is 12.8 Å². The van der Waals surface area contributed by atoms with E-state index in [-0.39, 0.29) is 0 Å². The maximum Gasteiger partial charge on any atom is 0.405 e. The normalized spacial score (nSPS) is 10.4. The van der Waals surface area contributed by atoms with Crippen molar-refractivity contribution in [2.45, 2.75) is 25.4 Å². The third-order valence-corrected chi connectivity index (χ3v) is 1.50. The van der Waals surface area contributed by atoms with E-state index in [1.807, 2.05) is 0 Å². The molecule has 68 valence electrons. The van der Waals surface area contributed by atoms with E-state index < -0.39 is 11.7 Å². The Bertz CT molecular complexity index is 177. The van der Waals surface area contributed by atoms with Crippen LogP contribution in [0.25, 0.3) is 0 Å². The van der Waals surface area contributed by atoms with Gasteiger partial charge in [-0.25, -0.2) is 4.79 Å². The zero-order valence-electron chi connectivity index (χ0n) is 7.38. The maximum absolute atomic E-state index is 10.5. The fourth-order valence-electron chi connectivity index (χ4n) is 1.02. The van der Waals surface area contributed by atoms with E-state index in [9.17, 15) is 4.79 Å². The molecule has 0 unspecified atom stereocenters. The Kier molecular flexibility index (Phi) is 4.11. The molecule has 0 aromatic rings. The zero-order chi connectivity index (χ0) is 9.61. The molecule has 0 aromatic heterocycles. The second-order valence-corrected chi connectivity index (χ2v) is 2.86. The van der Waals surface area contributed by atoms with E-state index in [1.54, 1.807) is 19.1 Å². The van der Waals surface area contributed by atoms with Crippen LogP contribution in [0.15, 0.2) is 25.3 Å². The Balaban J connectivity index is 4.25. The first kappa shape index (κ1) is 10.8. The highest BCUT2D eigenvalue weighted by Crippen LogP contribution is 2.20. The van der Waals surface area contributed by atoms with Crippen molar-refractivity contribution in [1.29, 1.82) is 0 Å². The fourth-order valence-corrected chi connectivity index (χ4v) is 1.02. The second-order valence-electron chi connectivity index (χ2n) is 2.86. The molecule has 2 N–H and O–H groups in total. The van der Waals surface area contributed by atoms with E-state index >= 15 is 0 Å². The number of ether oxygens (including phenoxy) is 1. The van der Waals surface area contributed by atoms with Crippen LogP contribution in [0.4, 0.5) is 4.79 Å². The number of primary amides is 1. The molecule has 1 amide bonds. The molecule has 0 heterocycles. The molecule has 0 atom stereocenters. The molecule has 0 aliphatic heterocycles. The van der Waals surface area contributed by atoms with Crippen LogP contribution in [0.1, 0.15) is 19.8 Å². The first-order valence-electron chi connectivity index (χ1n) is 3.74. The standard InChI is InChI=1S/C9H15NO2/c1-4-6-9(3,7-5-2)12-8(10)11/h4-5H,1-2,6-7H2,3H3,(H2,10,11). The largest absolute Gasteiger partial charge is 0.443 e. The summed E-state index contributed by atoms with van der Waals surface area (Å²) in [5.41, 5.74) is 4.32. The van der Waals surface area contributed by atoms with Gasteiger partial charge in [-0.05, 0) is 6.92 Å². The molecule has 0 aliphatic carbocycles. The zero-order valence-corrected chi connectivity index (χ0v) is 7.38. The minimum Gasteiger partial charge on any atom is -0.443 e. The molecular formula is C9H15NO2. The summed E-state index contributed by atoms with van der Waals surface area (Å²) in [4.78, 5) is 10.5. The van der Waals surface area contributed by atoms with Crippen LogP contribution in [0, 0.1) is 0 Å². The summed E-state index contributed by atoms with van der Waals surface area (Å²) in [6.07, 6.45) is 3.75. The van der Waals surface area contributed by atoms with Gasteiger partial charge in [0.15, 0.2) is 0 Å². The molecule has 0 fully saturated rings. The van der Waals surface area contributed by atoms with E-state index in [1.165, 1.54) is 0 Å². The van der Waals surface area contributed by atoms with Crippen LogP contribution in [-0.2, 0) is 4.74 Å². The lowest BCUT2D eigenvalue weighted by molar-refractivity contribution is 0.0358. The molecule has 0 aliphatic rings. The first-order chi connectivity index (χ1) is 5.54. The molecule has 0 aromatic carbocycles. The number of amides is 1. The van der Waals surface area contributed by atoms with Crippen molar-refractivity contribution in [2.24, 2.45) is 5.73 Å². The van der Waals surface area contributed by atoms with E-state index in [4.69, 9.17) is 10.5 Å². The predicted octanol–water partition coefficient (Wildman–Crippen LogP) is 1.99. The van der Waals surface area contributed by atoms with Gasteiger partial charge in [-0.1, -0.05) is 12.2 Å². The lowest BCUT2D eigenvalue weighted by atomic mass is 9.98. The predicted molar refractivity (Wildman–Crippen MR) is 48.7 cm³/mol. The molecule has 0 rings (SSSR count). The molecule has 0 saturated heterocycles. The fraction of sp³-hybridized carbons (Fsp3) is 0.444. The molecule has 12 heavy (non-hydrogen) atoms. The summed E-state index contributed by atoms with van der Waals surface area (Å²) in [6.45, 7) is 8.93. The summed E-state index contributed by atoms with van der Waals surface area (Å²) in [5, 5.41) is 0. The Labute approximate surface area is 72.9 Å². The van der Waals surface area contributed by atoms with E-state index in [2.05, 4.69) is 13.2 Å². The molecule has 0 saturated carbocycles. The van der Waals surface area contributed by atoms with Gasteiger partial charge >= 0.3 is 6.09 Å². The van der Waals surface area contributed by atoms with Gasteiger partial charge in [0.25, 0.3) is 0 Å². The highest BCUT2D eigenvalue weighted by atomic mass is 16.6. The highest BCUT2D eigenvalue weighted by Gasteiger charge is 2.24. The maximum atomic E-state index is 10.5. The first-order valence-corrected chi connectivity index (χ1v) is 3.74. The van der Waals surface area contributed by atoms with Crippen molar-refractivity contribution in [3.8, 4) is 0 Å². The van der Waals surface area contributed by atoms with Gasteiger partial charge in [-0.2, -0.15) is 0 Å². The third kappa shape index (κ3) is 3.81. The van der Waals surface area contributed by atoms with Gasteiger partial charge in [-0.3, -0.25) is 0 Å². The Hall–Kier alpha value is -1.25. The number of hydrogen-bond donors (Lipinski definition) is 1. The molecule has 3 heteroatoms. The molecule has 3 nitrogen and oxygen atoms in total. The van der Waals surface area contributed by atoms with E-state index in [0.717, 1.165) is 0 Å². The number of nitrogens with two attached hydrogens (primary N) is 1. The number of carbonyl (C=O) groups excluding carboxylic acids is 1. The Morgan fingerprint density at radius 3 is 2.17 bits per heavy atom. The summed E-state index contributed by atoms with van der Waals surface area (Å²) < 4.78 is 4.92. The number of carbonyl (C=O) groups is 1. The average Bonchev–Trinajstić information content (AvgIpc) is 1.85. The Morgan fingerprint density at radius 1 is 1.50 bits per heavy atom. The van der Waals surface area contributed by atoms with Gasteiger partial charge in [0.05, 0.1) is 0 Å². The summed E-state index contributed by atoms with van der Waals surface area (Å²) in [7, 11) is 0. The smallest absolute Gasteiger partial charge is 0.405 e. The van der Waals surface area contributed by atoms with Gasteiger partial charge in [0.1, 0.15) is 5.60 Å². The molecule has 0 radical (unpaired) electrons. The highest BCUT2D eigenvalue weighted by molar-refractivity contribution is 5.65. The van der Waals surface area contributed by atoms with E-state index in [0.29, 0.717) is 12.8 Å². The average molecular weight is 169 g/mol.